The Kier molecular flexibility index (Phi) is 3.12. The molecule has 1 heterocycles. The number of benzene rings is 1. The van der Waals surface area contributed by atoms with Crippen molar-refractivity contribution >= 4 is 5.82 Å². The minimum atomic E-state index is 0.127. The Morgan fingerprint density at radius 1 is 1.14 bits per heavy atom. The van der Waals surface area contributed by atoms with Crippen molar-refractivity contribution in [3.63, 3.8) is 0 Å². The van der Waals surface area contributed by atoms with Gasteiger partial charge in [-0.2, -0.15) is 5.10 Å². The van der Waals surface area contributed by atoms with Crippen LogP contribution in [-0.4, -0.2) is 9.78 Å². The fourth-order valence-corrected chi connectivity index (χ4v) is 3.89. The molecule has 2 N–H and O–H groups in total. The monoisotopic (exact) mass is 283 g/mol. The second kappa shape index (κ2) is 4.62. The summed E-state index contributed by atoms with van der Waals surface area (Å²) in [6, 6.07) is 4.40. The molecule has 0 saturated carbocycles. The zero-order chi connectivity index (χ0) is 15.4. The SMILES string of the molecule is Cc1cc(C)c(-n2nc3c(c2N)C(C)(C)CCC3)c(C)c1. The van der Waals surface area contributed by atoms with Gasteiger partial charge in [-0.05, 0) is 56.6 Å². The summed E-state index contributed by atoms with van der Waals surface area (Å²) in [6.07, 6.45) is 3.42. The Bertz CT molecular complexity index is 684. The summed E-state index contributed by atoms with van der Waals surface area (Å²) in [5.74, 6) is 0.824. The maximum absolute atomic E-state index is 6.51. The fourth-order valence-electron chi connectivity index (χ4n) is 3.89. The van der Waals surface area contributed by atoms with Gasteiger partial charge in [0.2, 0.25) is 0 Å². The summed E-state index contributed by atoms with van der Waals surface area (Å²) >= 11 is 0. The lowest BCUT2D eigenvalue weighted by Crippen LogP contribution is -2.24. The van der Waals surface area contributed by atoms with E-state index in [2.05, 4.69) is 46.8 Å². The lowest BCUT2D eigenvalue weighted by molar-refractivity contribution is 0.432. The molecule has 112 valence electrons. The van der Waals surface area contributed by atoms with Gasteiger partial charge in [0.1, 0.15) is 5.82 Å². The smallest absolute Gasteiger partial charge is 0.131 e. The Labute approximate surface area is 127 Å². The van der Waals surface area contributed by atoms with Crippen LogP contribution in [0.2, 0.25) is 0 Å². The zero-order valence-electron chi connectivity index (χ0n) is 13.7. The molecular formula is C18H25N3. The van der Waals surface area contributed by atoms with E-state index in [0.717, 1.165) is 17.9 Å². The third-order valence-electron chi connectivity index (χ3n) is 4.73. The Balaban J connectivity index is 2.25. The molecular weight excluding hydrogens is 258 g/mol. The molecule has 2 aromatic rings. The molecule has 0 spiro atoms. The van der Waals surface area contributed by atoms with E-state index in [-0.39, 0.29) is 5.41 Å². The molecule has 0 unspecified atom stereocenters. The van der Waals surface area contributed by atoms with Crippen molar-refractivity contribution in [3.8, 4) is 5.69 Å². The van der Waals surface area contributed by atoms with Crippen molar-refractivity contribution in [2.45, 2.75) is 59.3 Å². The van der Waals surface area contributed by atoms with Crippen molar-refractivity contribution in [2.75, 3.05) is 5.73 Å². The third-order valence-corrected chi connectivity index (χ3v) is 4.73. The Morgan fingerprint density at radius 2 is 1.76 bits per heavy atom. The first kappa shape index (κ1) is 14.2. The number of nitrogen functional groups attached to an aromatic ring is 1. The van der Waals surface area contributed by atoms with E-state index in [9.17, 15) is 0 Å². The van der Waals surface area contributed by atoms with E-state index in [1.54, 1.807) is 0 Å². The molecule has 0 amide bonds. The molecule has 0 bridgehead atoms. The van der Waals surface area contributed by atoms with Crippen molar-refractivity contribution in [2.24, 2.45) is 0 Å². The highest BCUT2D eigenvalue weighted by Crippen LogP contribution is 2.41. The predicted molar refractivity (Wildman–Crippen MR) is 88.2 cm³/mol. The number of hydrogen-bond acceptors (Lipinski definition) is 2. The number of aromatic nitrogens is 2. The highest BCUT2D eigenvalue weighted by atomic mass is 15.3. The van der Waals surface area contributed by atoms with Crippen molar-refractivity contribution in [1.29, 1.82) is 0 Å². The molecule has 0 aliphatic heterocycles. The zero-order valence-corrected chi connectivity index (χ0v) is 13.7. The van der Waals surface area contributed by atoms with E-state index in [1.165, 1.54) is 40.8 Å². The quantitative estimate of drug-likeness (QED) is 0.860. The van der Waals surface area contributed by atoms with Crippen molar-refractivity contribution < 1.29 is 0 Å². The molecule has 3 nitrogen and oxygen atoms in total. The van der Waals surface area contributed by atoms with Gasteiger partial charge in [0.25, 0.3) is 0 Å². The first-order chi connectivity index (χ1) is 9.81. The number of anilines is 1. The van der Waals surface area contributed by atoms with Gasteiger partial charge < -0.3 is 5.73 Å². The molecule has 3 heteroatoms. The van der Waals surface area contributed by atoms with Gasteiger partial charge in [0.05, 0.1) is 11.4 Å². The number of rotatable bonds is 1. The van der Waals surface area contributed by atoms with Crippen molar-refractivity contribution in [1.82, 2.24) is 9.78 Å². The van der Waals surface area contributed by atoms with Gasteiger partial charge >= 0.3 is 0 Å². The van der Waals surface area contributed by atoms with E-state index in [4.69, 9.17) is 10.8 Å². The molecule has 3 rings (SSSR count). The van der Waals surface area contributed by atoms with Crippen LogP contribution in [0.3, 0.4) is 0 Å². The minimum absolute atomic E-state index is 0.127. The van der Waals surface area contributed by atoms with Crippen LogP contribution in [0.15, 0.2) is 12.1 Å². The summed E-state index contributed by atoms with van der Waals surface area (Å²) in [7, 11) is 0. The summed E-state index contributed by atoms with van der Waals surface area (Å²) in [4.78, 5) is 0. The topological polar surface area (TPSA) is 43.8 Å². The summed E-state index contributed by atoms with van der Waals surface area (Å²) in [5, 5.41) is 4.86. The molecule has 0 atom stereocenters. The van der Waals surface area contributed by atoms with Crippen LogP contribution in [0.4, 0.5) is 5.82 Å². The maximum atomic E-state index is 6.51. The minimum Gasteiger partial charge on any atom is -0.383 e. The fraction of sp³-hybridized carbons (Fsp3) is 0.500. The molecule has 1 aromatic carbocycles. The van der Waals surface area contributed by atoms with Crippen LogP contribution in [0.25, 0.3) is 5.69 Å². The van der Waals surface area contributed by atoms with Crippen molar-refractivity contribution in [3.05, 3.63) is 40.1 Å². The van der Waals surface area contributed by atoms with Gasteiger partial charge in [0, 0.05) is 5.56 Å². The highest BCUT2D eigenvalue weighted by Gasteiger charge is 2.33. The lowest BCUT2D eigenvalue weighted by atomic mass is 9.75. The van der Waals surface area contributed by atoms with E-state index in [0.29, 0.717) is 0 Å². The van der Waals surface area contributed by atoms with Crippen LogP contribution in [-0.2, 0) is 11.8 Å². The first-order valence-electron chi connectivity index (χ1n) is 7.77. The molecule has 1 aromatic heterocycles. The molecule has 21 heavy (non-hydrogen) atoms. The van der Waals surface area contributed by atoms with Crippen LogP contribution in [0, 0.1) is 20.8 Å². The number of fused-ring (bicyclic) bond motifs is 1. The molecule has 1 aliphatic rings. The first-order valence-corrected chi connectivity index (χ1v) is 7.77. The molecule has 0 saturated heterocycles. The average Bonchev–Trinajstić information content (AvgIpc) is 2.66. The summed E-state index contributed by atoms with van der Waals surface area (Å²) < 4.78 is 1.97. The van der Waals surface area contributed by atoms with Crippen LogP contribution in [0.1, 0.15) is 54.6 Å². The van der Waals surface area contributed by atoms with E-state index >= 15 is 0 Å². The number of hydrogen-bond donors (Lipinski definition) is 1. The van der Waals surface area contributed by atoms with E-state index < -0.39 is 0 Å². The molecule has 0 radical (unpaired) electrons. The van der Waals surface area contributed by atoms with Gasteiger partial charge in [0.15, 0.2) is 0 Å². The standard InChI is InChI=1S/C18H25N3/c1-11-9-12(2)16(13(3)10-11)21-17(19)15-14(20-21)7-6-8-18(15,4)5/h9-10H,6-8,19H2,1-5H3. The van der Waals surface area contributed by atoms with E-state index in [1.807, 2.05) is 4.68 Å². The second-order valence-corrected chi connectivity index (χ2v) is 7.10. The average molecular weight is 283 g/mol. The third kappa shape index (κ3) is 2.15. The lowest BCUT2D eigenvalue weighted by Gasteiger charge is -2.29. The Morgan fingerprint density at radius 3 is 2.33 bits per heavy atom. The summed E-state index contributed by atoms with van der Waals surface area (Å²) in [5.41, 5.74) is 14.0. The molecule has 1 aliphatic carbocycles. The second-order valence-electron chi connectivity index (χ2n) is 7.10. The van der Waals surface area contributed by atoms with Gasteiger partial charge in [-0.15, -0.1) is 0 Å². The van der Waals surface area contributed by atoms with Crippen LogP contribution >= 0.6 is 0 Å². The van der Waals surface area contributed by atoms with Gasteiger partial charge in [-0.1, -0.05) is 31.5 Å². The summed E-state index contributed by atoms with van der Waals surface area (Å²) in [6.45, 7) is 11.0. The van der Waals surface area contributed by atoms with Gasteiger partial charge in [-0.3, -0.25) is 0 Å². The largest absolute Gasteiger partial charge is 0.383 e. The number of nitrogens with two attached hydrogens (primary N) is 1. The number of aryl methyl sites for hydroxylation is 4. The van der Waals surface area contributed by atoms with Gasteiger partial charge in [-0.25, -0.2) is 4.68 Å². The maximum Gasteiger partial charge on any atom is 0.131 e. The predicted octanol–water partition coefficient (Wildman–Crippen LogP) is 3.99. The van der Waals surface area contributed by atoms with Crippen LogP contribution in [0.5, 0.6) is 0 Å². The molecule has 0 fully saturated rings. The number of nitrogens with zero attached hydrogens (tertiary/aromatic N) is 2. The normalized spacial score (nSPS) is 16.8. The highest BCUT2D eigenvalue weighted by molar-refractivity contribution is 5.58. The van der Waals surface area contributed by atoms with Crippen LogP contribution < -0.4 is 5.73 Å². The Hall–Kier alpha value is -1.77.